The van der Waals surface area contributed by atoms with Crippen LogP contribution in [0.15, 0.2) is 0 Å². The molecule has 1 aliphatic heterocycles. The average Bonchev–Trinajstić information content (AvgIpc) is 2.69. The van der Waals surface area contributed by atoms with Crippen LogP contribution in [0.1, 0.15) is 32.6 Å². The van der Waals surface area contributed by atoms with E-state index in [1.807, 2.05) is 6.92 Å². The number of carbonyl (C=O) groups excluding carboxylic acids is 1. The smallest absolute Gasteiger partial charge is 0.326 e. The quantitative estimate of drug-likeness (QED) is 0.790. The second kappa shape index (κ2) is 5.77. The number of rotatable bonds is 4. The average molecular weight is 270 g/mol. The Bertz CT molecular complexity index is 357. The largest absolute Gasteiger partial charge is 0.480 e. The monoisotopic (exact) mass is 270 g/mol. The maximum absolute atomic E-state index is 12.4. The molecule has 1 heterocycles. The van der Waals surface area contributed by atoms with Gasteiger partial charge in [-0.05, 0) is 25.7 Å². The summed E-state index contributed by atoms with van der Waals surface area (Å²) in [6, 6.07) is -1.14. The zero-order chi connectivity index (χ0) is 14.0. The first-order valence-electron chi connectivity index (χ1n) is 6.99. The summed E-state index contributed by atoms with van der Waals surface area (Å²) in [6.45, 7) is 3.30. The van der Waals surface area contributed by atoms with Gasteiger partial charge in [-0.3, -0.25) is 0 Å². The van der Waals surface area contributed by atoms with Crippen molar-refractivity contribution in [3.63, 3.8) is 0 Å². The molecule has 6 heteroatoms. The van der Waals surface area contributed by atoms with E-state index < -0.39 is 18.1 Å². The van der Waals surface area contributed by atoms with Gasteiger partial charge in [0, 0.05) is 26.1 Å². The van der Waals surface area contributed by atoms with Gasteiger partial charge in [-0.2, -0.15) is 0 Å². The molecule has 19 heavy (non-hydrogen) atoms. The van der Waals surface area contributed by atoms with Gasteiger partial charge in [-0.15, -0.1) is 0 Å². The van der Waals surface area contributed by atoms with Crippen molar-refractivity contribution in [2.45, 2.75) is 44.8 Å². The summed E-state index contributed by atoms with van der Waals surface area (Å²) in [5, 5.41) is 18.7. The Kier molecular flexibility index (Phi) is 4.29. The molecule has 0 bridgehead atoms. The molecule has 2 atom stereocenters. The Morgan fingerprint density at radius 2 is 2.05 bits per heavy atom. The first-order valence-corrected chi connectivity index (χ1v) is 6.99. The van der Waals surface area contributed by atoms with Gasteiger partial charge in [-0.1, -0.05) is 6.42 Å². The van der Waals surface area contributed by atoms with Crippen LogP contribution in [0.3, 0.4) is 0 Å². The van der Waals surface area contributed by atoms with Gasteiger partial charge < -0.3 is 20.0 Å². The number of β-amino-alcohol motifs (C(OH)–C–C–N with tert-alkyl or cyclic N) is 1. The zero-order valence-electron chi connectivity index (χ0n) is 11.3. The van der Waals surface area contributed by atoms with Crippen molar-refractivity contribution < 1.29 is 19.8 Å². The highest BCUT2D eigenvalue weighted by molar-refractivity contribution is 5.83. The summed E-state index contributed by atoms with van der Waals surface area (Å²) in [5.41, 5.74) is 0. The number of aliphatic hydroxyl groups is 1. The lowest BCUT2D eigenvalue weighted by Crippen LogP contribution is -2.49. The predicted octanol–water partition coefficient (Wildman–Crippen LogP) is 0.748. The van der Waals surface area contributed by atoms with Gasteiger partial charge in [0.05, 0.1) is 6.10 Å². The number of urea groups is 1. The van der Waals surface area contributed by atoms with E-state index in [2.05, 4.69) is 0 Å². The first kappa shape index (κ1) is 14.1. The number of hydrogen-bond donors (Lipinski definition) is 2. The van der Waals surface area contributed by atoms with Gasteiger partial charge in [0.2, 0.25) is 0 Å². The molecule has 0 aromatic carbocycles. The molecule has 2 amide bonds. The highest BCUT2D eigenvalue weighted by Gasteiger charge is 2.40. The molecule has 1 saturated heterocycles. The number of carboxylic acids is 1. The van der Waals surface area contributed by atoms with Crippen molar-refractivity contribution in [1.29, 1.82) is 0 Å². The van der Waals surface area contributed by atoms with E-state index in [1.54, 1.807) is 4.90 Å². The molecule has 6 nitrogen and oxygen atoms in total. The molecule has 2 fully saturated rings. The van der Waals surface area contributed by atoms with Crippen LogP contribution in [0, 0.1) is 5.92 Å². The molecular weight excluding hydrogens is 248 g/mol. The Balaban J connectivity index is 2.00. The topological polar surface area (TPSA) is 81.1 Å². The molecule has 2 aliphatic rings. The molecule has 0 aromatic rings. The van der Waals surface area contributed by atoms with Crippen LogP contribution < -0.4 is 0 Å². The van der Waals surface area contributed by atoms with Crippen molar-refractivity contribution in [2.24, 2.45) is 5.92 Å². The highest BCUT2D eigenvalue weighted by atomic mass is 16.4. The lowest BCUT2D eigenvalue weighted by Gasteiger charge is -2.35. The van der Waals surface area contributed by atoms with E-state index in [-0.39, 0.29) is 19.0 Å². The third-order valence-corrected chi connectivity index (χ3v) is 4.17. The number of carbonyl (C=O) groups is 2. The molecule has 2 rings (SSSR count). The number of hydrogen-bond acceptors (Lipinski definition) is 3. The lowest BCUT2D eigenvalue weighted by molar-refractivity contribution is -0.141. The van der Waals surface area contributed by atoms with Gasteiger partial charge in [-0.25, -0.2) is 9.59 Å². The summed E-state index contributed by atoms with van der Waals surface area (Å²) in [5.74, 6) is -0.482. The van der Waals surface area contributed by atoms with Crippen LogP contribution in [0.5, 0.6) is 0 Å². The van der Waals surface area contributed by atoms with Crippen molar-refractivity contribution in [3.05, 3.63) is 0 Å². The minimum Gasteiger partial charge on any atom is -0.480 e. The molecule has 0 radical (unpaired) electrons. The maximum atomic E-state index is 12.4. The number of nitrogens with zero attached hydrogens (tertiary/aromatic N) is 2. The van der Waals surface area contributed by atoms with Crippen LogP contribution in [0.4, 0.5) is 4.79 Å². The molecule has 108 valence electrons. The standard InChI is InChI=1S/C13H22N2O4/c1-2-14(7-9-4-3-5-9)13(19)15-8-10(16)6-11(15)12(17)18/h9-11,16H,2-8H2,1H3,(H,17,18). The van der Waals surface area contributed by atoms with E-state index in [0.717, 1.165) is 12.8 Å². The van der Waals surface area contributed by atoms with Crippen molar-refractivity contribution in [2.75, 3.05) is 19.6 Å². The van der Waals surface area contributed by atoms with E-state index in [0.29, 0.717) is 19.0 Å². The van der Waals surface area contributed by atoms with Crippen LogP contribution >= 0.6 is 0 Å². The minimum atomic E-state index is -1.04. The summed E-state index contributed by atoms with van der Waals surface area (Å²) >= 11 is 0. The fourth-order valence-electron chi connectivity index (χ4n) is 2.77. The van der Waals surface area contributed by atoms with Crippen LogP contribution in [0.2, 0.25) is 0 Å². The van der Waals surface area contributed by atoms with E-state index >= 15 is 0 Å². The zero-order valence-corrected chi connectivity index (χ0v) is 11.3. The van der Waals surface area contributed by atoms with E-state index in [4.69, 9.17) is 5.11 Å². The minimum absolute atomic E-state index is 0.122. The lowest BCUT2D eigenvalue weighted by atomic mass is 9.85. The van der Waals surface area contributed by atoms with Gasteiger partial charge >= 0.3 is 12.0 Å². The third kappa shape index (κ3) is 3.00. The Hall–Kier alpha value is -1.30. The Morgan fingerprint density at radius 1 is 1.37 bits per heavy atom. The Labute approximate surface area is 113 Å². The number of carboxylic acid groups (broad SMARTS) is 1. The number of amides is 2. The van der Waals surface area contributed by atoms with Crippen LogP contribution in [-0.4, -0.2) is 63.8 Å². The van der Waals surface area contributed by atoms with Crippen LogP contribution in [-0.2, 0) is 4.79 Å². The molecule has 0 aromatic heterocycles. The maximum Gasteiger partial charge on any atom is 0.326 e. The molecule has 2 N–H and O–H groups in total. The molecule has 1 aliphatic carbocycles. The molecule has 2 unspecified atom stereocenters. The summed E-state index contributed by atoms with van der Waals surface area (Å²) < 4.78 is 0. The van der Waals surface area contributed by atoms with Crippen molar-refractivity contribution in [1.82, 2.24) is 9.80 Å². The summed E-state index contributed by atoms with van der Waals surface area (Å²) in [4.78, 5) is 26.5. The SMILES string of the molecule is CCN(CC1CCC1)C(=O)N1CC(O)CC1C(=O)O. The van der Waals surface area contributed by atoms with Gasteiger partial charge in [0.15, 0.2) is 0 Å². The van der Waals surface area contributed by atoms with Gasteiger partial charge in [0.1, 0.15) is 6.04 Å². The molecule has 1 saturated carbocycles. The predicted molar refractivity (Wildman–Crippen MR) is 68.7 cm³/mol. The molecule has 0 spiro atoms. The number of aliphatic hydroxyl groups excluding tert-OH is 1. The van der Waals surface area contributed by atoms with E-state index in [1.165, 1.54) is 11.3 Å². The summed E-state index contributed by atoms with van der Waals surface area (Å²) in [6.07, 6.45) is 2.91. The van der Waals surface area contributed by atoms with Crippen LogP contribution in [0.25, 0.3) is 0 Å². The Morgan fingerprint density at radius 3 is 2.53 bits per heavy atom. The highest BCUT2D eigenvalue weighted by Crippen LogP contribution is 2.28. The number of likely N-dealkylation sites (tertiary alicyclic amines) is 1. The third-order valence-electron chi connectivity index (χ3n) is 4.17. The fraction of sp³-hybridized carbons (Fsp3) is 0.846. The van der Waals surface area contributed by atoms with Crippen molar-refractivity contribution in [3.8, 4) is 0 Å². The summed E-state index contributed by atoms with van der Waals surface area (Å²) in [7, 11) is 0. The normalized spacial score (nSPS) is 27.2. The fourth-order valence-corrected chi connectivity index (χ4v) is 2.77. The van der Waals surface area contributed by atoms with Crippen molar-refractivity contribution >= 4 is 12.0 Å². The molecular formula is C13H22N2O4. The van der Waals surface area contributed by atoms with Gasteiger partial charge in [0.25, 0.3) is 0 Å². The second-order valence-electron chi connectivity index (χ2n) is 5.51. The first-order chi connectivity index (χ1) is 9.02. The number of aliphatic carboxylic acids is 1. The second-order valence-corrected chi connectivity index (χ2v) is 5.51. The van der Waals surface area contributed by atoms with E-state index in [9.17, 15) is 14.7 Å².